The van der Waals surface area contributed by atoms with E-state index < -0.39 is 0 Å². The Morgan fingerprint density at radius 2 is 2.06 bits per heavy atom. The molecule has 0 spiro atoms. The van der Waals surface area contributed by atoms with Gasteiger partial charge in [-0.25, -0.2) is 4.57 Å². The summed E-state index contributed by atoms with van der Waals surface area (Å²) in [6, 6.07) is 7.98. The van der Waals surface area contributed by atoms with Crippen LogP contribution in [0.3, 0.4) is 0 Å². The third-order valence-corrected chi connectivity index (χ3v) is 2.42. The van der Waals surface area contributed by atoms with E-state index in [1.807, 2.05) is 36.7 Å². The number of halogens is 1. The molecule has 0 atom stereocenters. The van der Waals surface area contributed by atoms with E-state index in [2.05, 4.69) is 22.4 Å². The average molecular weight is 283 g/mol. The highest BCUT2D eigenvalue weighted by Crippen LogP contribution is 2.20. The molecule has 0 fully saturated rings. The molecular formula is C12H15BrN2O. The number of nitrogens with zero attached hydrogens (tertiary/aromatic N) is 2. The van der Waals surface area contributed by atoms with Crippen LogP contribution in [0.25, 0.3) is 5.69 Å². The number of rotatable bonds is 3. The Hall–Kier alpha value is -1.29. The van der Waals surface area contributed by atoms with Crippen molar-refractivity contribution in [2.24, 2.45) is 0 Å². The zero-order valence-corrected chi connectivity index (χ0v) is 11.0. The number of imidazole rings is 1. The summed E-state index contributed by atoms with van der Waals surface area (Å²) in [5.41, 5.74) is 1.06. The third kappa shape index (κ3) is 2.44. The molecule has 1 aromatic carbocycles. The standard InChI is InChI=1S/C12H15N2O.BrH/c1-3-13-8-9-14(10-13)11-6-4-5-7-12(11)15-2;/h4-10H,3H2,1-2H3;1H/q+1;/p-1. The molecule has 0 saturated carbocycles. The molecule has 0 amide bonds. The second-order valence-corrected chi connectivity index (χ2v) is 3.32. The number of para-hydroxylation sites is 2. The Morgan fingerprint density at radius 3 is 2.69 bits per heavy atom. The van der Waals surface area contributed by atoms with E-state index in [0.717, 1.165) is 18.0 Å². The van der Waals surface area contributed by atoms with Gasteiger partial charge in [-0.15, -0.1) is 0 Å². The van der Waals surface area contributed by atoms with Gasteiger partial charge >= 0.3 is 0 Å². The highest BCUT2D eigenvalue weighted by atomic mass is 79.9. The minimum absolute atomic E-state index is 0. The van der Waals surface area contributed by atoms with Crippen LogP contribution in [-0.4, -0.2) is 11.7 Å². The number of benzene rings is 1. The van der Waals surface area contributed by atoms with Crippen LogP contribution in [0, 0.1) is 0 Å². The molecule has 0 aliphatic carbocycles. The number of methoxy groups -OCH3 is 1. The molecule has 0 aliphatic rings. The third-order valence-electron chi connectivity index (χ3n) is 2.42. The predicted molar refractivity (Wildman–Crippen MR) is 58.2 cm³/mol. The van der Waals surface area contributed by atoms with Crippen LogP contribution >= 0.6 is 0 Å². The van der Waals surface area contributed by atoms with Crippen molar-refractivity contribution in [3.05, 3.63) is 43.0 Å². The van der Waals surface area contributed by atoms with E-state index in [1.165, 1.54) is 0 Å². The lowest BCUT2D eigenvalue weighted by molar-refractivity contribution is -0.692. The minimum Gasteiger partial charge on any atom is -1.00 e. The molecule has 1 heterocycles. The van der Waals surface area contributed by atoms with Crippen molar-refractivity contribution in [2.45, 2.75) is 13.5 Å². The summed E-state index contributed by atoms with van der Waals surface area (Å²) in [4.78, 5) is 0. The Balaban J connectivity index is 0.00000128. The van der Waals surface area contributed by atoms with Gasteiger partial charge in [0, 0.05) is 0 Å². The number of aryl methyl sites for hydroxylation is 1. The van der Waals surface area contributed by atoms with Crippen LogP contribution in [0.4, 0.5) is 0 Å². The SMILES string of the molecule is CC[n+]1ccn(-c2ccccc2OC)c1.[Br-]. The topological polar surface area (TPSA) is 18.0 Å². The summed E-state index contributed by atoms with van der Waals surface area (Å²) in [6.45, 7) is 3.09. The summed E-state index contributed by atoms with van der Waals surface area (Å²) in [5, 5.41) is 0. The smallest absolute Gasteiger partial charge is 0.249 e. The summed E-state index contributed by atoms with van der Waals surface area (Å²) in [7, 11) is 1.69. The molecule has 2 rings (SSSR count). The molecule has 86 valence electrons. The zero-order valence-electron chi connectivity index (χ0n) is 9.43. The molecule has 4 heteroatoms. The van der Waals surface area contributed by atoms with Crippen LogP contribution in [0.5, 0.6) is 5.75 Å². The van der Waals surface area contributed by atoms with Gasteiger partial charge in [0.2, 0.25) is 6.33 Å². The largest absolute Gasteiger partial charge is 1.00 e. The van der Waals surface area contributed by atoms with Crippen LogP contribution in [-0.2, 0) is 6.54 Å². The van der Waals surface area contributed by atoms with Crippen molar-refractivity contribution in [3.63, 3.8) is 0 Å². The lowest BCUT2D eigenvalue weighted by atomic mass is 10.3. The maximum atomic E-state index is 5.31. The van der Waals surface area contributed by atoms with Crippen molar-refractivity contribution in [3.8, 4) is 11.4 Å². The summed E-state index contributed by atoms with van der Waals surface area (Å²) >= 11 is 0. The normalized spacial score (nSPS) is 9.62. The van der Waals surface area contributed by atoms with Crippen molar-refractivity contribution in [1.29, 1.82) is 0 Å². The first kappa shape index (κ1) is 12.8. The second kappa shape index (κ2) is 5.70. The maximum Gasteiger partial charge on any atom is 0.249 e. The molecular weight excluding hydrogens is 268 g/mol. The molecule has 2 aromatic rings. The van der Waals surface area contributed by atoms with Crippen molar-refractivity contribution < 1.29 is 26.3 Å². The van der Waals surface area contributed by atoms with E-state index in [1.54, 1.807) is 7.11 Å². The van der Waals surface area contributed by atoms with Crippen molar-refractivity contribution in [2.75, 3.05) is 7.11 Å². The quantitative estimate of drug-likeness (QED) is 0.647. The molecule has 0 aliphatic heterocycles. The highest BCUT2D eigenvalue weighted by Gasteiger charge is 2.09. The van der Waals surface area contributed by atoms with Crippen LogP contribution in [0.15, 0.2) is 43.0 Å². The monoisotopic (exact) mass is 282 g/mol. The van der Waals surface area contributed by atoms with Crippen LogP contribution in [0.1, 0.15) is 6.92 Å². The molecule has 3 nitrogen and oxygen atoms in total. The van der Waals surface area contributed by atoms with Gasteiger partial charge in [0.1, 0.15) is 12.4 Å². The van der Waals surface area contributed by atoms with Gasteiger partial charge in [-0.2, -0.15) is 4.57 Å². The Labute approximate surface area is 106 Å². The lowest BCUT2D eigenvalue weighted by Gasteiger charge is -2.03. The van der Waals surface area contributed by atoms with Gasteiger partial charge in [0.25, 0.3) is 0 Å². The number of aromatic nitrogens is 2. The fourth-order valence-electron chi connectivity index (χ4n) is 1.57. The fraction of sp³-hybridized carbons (Fsp3) is 0.250. The lowest BCUT2D eigenvalue weighted by Crippen LogP contribution is -3.00. The summed E-state index contributed by atoms with van der Waals surface area (Å²) in [6.07, 6.45) is 6.13. The van der Waals surface area contributed by atoms with Gasteiger partial charge in [-0.1, -0.05) is 12.1 Å². The van der Waals surface area contributed by atoms with E-state index >= 15 is 0 Å². The first-order chi connectivity index (χ1) is 7.35. The number of hydrogen-bond donors (Lipinski definition) is 0. The van der Waals surface area contributed by atoms with Crippen molar-refractivity contribution in [1.82, 2.24) is 4.57 Å². The molecule has 1 aromatic heterocycles. The van der Waals surface area contributed by atoms with Gasteiger partial charge in [0.05, 0.1) is 13.7 Å². The van der Waals surface area contributed by atoms with Crippen LogP contribution in [0.2, 0.25) is 0 Å². The van der Waals surface area contributed by atoms with Gasteiger partial charge < -0.3 is 21.7 Å². The number of ether oxygens (including phenoxy) is 1. The summed E-state index contributed by atoms with van der Waals surface area (Å²) < 4.78 is 9.49. The Kier molecular flexibility index (Phi) is 4.55. The molecule has 0 bridgehead atoms. The summed E-state index contributed by atoms with van der Waals surface area (Å²) in [5.74, 6) is 0.886. The predicted octanol–water partition coefficient (Wildman–Crippen LogP) is -1.20. The van der Waals surface area contributed by atoms with E-state index in [9.17, 15) is 0 Å². The fourth-order valence-corrected chi connectivity index (χ4v) is 1.57. The first-order valence-electron chi connectivity index (χ1n) is 5.05. The molecule has 0 radical (unpaired) electrons. The highest BCUT2D eigenvalue weighted by molar-refractivity contribution is 5.45. The molecule has 0 unspecified atom stereocenters. The molecule has 0 N–H and O–H groups in total. The van der Waals surface area contributed by atoms with Gasteiger partial charge in [-0.3, -0.25) is 0 Å². The number of hydrogen-bond acceptors (Lipinski definition) is 1. The second-order valence-electron chi connectivity index (χ2n) is 3.32. The maximum absolute atomic E-state index is 5.31. The van der Waals surface area contributed by atoms with E-state index in [4.69, 9.17) is 4.74 Å². The zero-order chi connectivity index (χ0) is 10.7. The molecule has 0 saturated heterocycles. The molecule has 16 heavy (non-hydrogen) atoms. The van der Waals surface area contributed by atoms with Gasteiger partial charge in [-0.05, 0) is 19.1 Å². The van der Waals surface area contributed by atoms with E-state index in [-0.39, 0.29) is 17.0 Å². The average Bonchev–Trinajstić information content (AvgIpc) is 2.77. The van der Waals surface area contributed by atoms with Gasteiger partial charge in [0.15, 0.2) is 11.4 Å². The Bertz CT molecular complexity index is 454. The first-order valence-corrected chi connectivity index (χ1v) is 5.05. The minimum atomic E-state index is 0. The van der Waals surface area contributed by atoms with Crippen LogP contribution < -0.4 is 26.3 Å². The van der Waals surface area contributed by atoms with Crippen molar-refractivity contribution >= 4 is 0 Å². The Morgan fingerprint density at radius 1 is 1.31 bits per heavy atom. The van der Waals surface area contributed by atoms with E-state index in [0.29, 0.717) is 0 Å².